The molecular formula is C23H23N5O7. The molecule has 182 valence electrons. The fourth-order valence-electron chi connectivity index (χ4n) is 3.82. The summed E-state index contributed by atoms with van der Waals surface area (Å²) < 4.78 is 15.4. The number of ether oxygens (including phenoxy) is 3. The topological polar surface area (TPSA) is 139 Å². The molecule has 1 saturated heterocycles. The summed E-state index contributed by atoms with van der Waals surface area (Å²) in [6, 6.07) is 8.75. The number of nitrogens with zero attached hydrogens (tertiary/aromatic N) is 4. The second-order valence-electron chi connectivity index (χ2n) is 7.59. The Morgan fingerprint density at radius 3 is 2.37 bits per heavy atom. The van der Waals surface area contributed by atoms with Gasteiger partial charge in [-0.2, -0.15) is 5.11 Å². The number of amides is 3. The van der Waals surface area contributed by atoms with Crippen LogP contribution in [0.4, 0.5) is 11.4 Å². The van der Waals surface area contributed by atoms with Crippen LogP contribution >= 0.6 is 0 Å². The first-order valence-electron chi connectivity index (χ1n) is 10.7. The van der Waals surface area contributed by atoms with Crippen LogP contribution in [0.2, 0.25) is 0 Å². The van der Waals surface area contributed by atoms with Gasteiger partial charge in [0.15, 0.2) is 23.6 Å². The molecule has 2 aliphatic heterocycles. The van der Waals surface area contributed by atoms with E-state index in [4.69, 9.17) is 14.2 Å². The first-order valence-corrected chi connectivity index (χ1v) is 10.7. The number of anilines is 2. The summed E-state index contributed by atoms with van der Waals surface area (Å²) in [5, 5.41) is 11.7. The van der Waals surface area contributed by atoms with E-state index in [1.54, 1.807) is 31.2 Å². The minimum absolute atomic E-state index is 0.258. The average Bonchev–Trinajstić information content (AvgIpc) is 3.38. The van der Waals surface area contributed by atoms with Crippen molar-refractivity contribution in [3.05, 3.63) is 48.0 Å². The minimum Gasteiger partial charge on any atom is -0.493 e. The maximum Gasteiger partial charge on any atom is 0.338 e. The number of fused-ring (bicyclic) bond motifs is 1. The second kappa shape index (κ2) is 9.79. The van der Waals surface area contributed by atoms with Gasteiger partial charge in [0.2, 0.25) is 5.91 Å². The molecule has 0 aromatic heterocycles. The molecule has 3 amide bonds. The molecule has 0 aliphatic carbocycles. The SMILES string of the molecule is CCOC(=O)c1ccc(NC(=O)CN2N=N[C@H]3C(=O)N(c4ccc(OC)c(OC)c4)C(=O)[C@@H]32)cc1. The molecule has 2 heterocycles. The monoisotopic (exact) mass is 481 g/mol. The van der Waals surface area contributed by atoms with Gasteiger partial charge in [-0.05, 0) is 43.3 Å². The predicted octanol–water partition coefficient (Wildman–Crippen LogP) is 1.81. The zero-order valence-corrected chi connectivity index (χ0v) is 19.3. The molecule has 1 N–H and O–H groups in total. The van der Waals surface area contributed by atoms with Gasteiger partial charge in [-0.15, -0.1) is 0 Å². The molecule has 2 aromatic carbocycles. The maximum absolute atomic E-state index is 13.2. The number of esters is 1. The number of carbonyl (C=O) groups excluding carboxylic acids is 4. The van der Waals surface area contributed by atoms with Gasteiger partial charge in [0, 0.05) is 11.8 Å². The minimum atomic E-state index is -1.05. The van der Waals surface area contributed by atoms with Crippen molar-refractivity contribution >= 4 is 35.1 Å². The highest BCUT2D eigenvalue weighted by Gasteiger charge is 2.55. The molecule has 12 nitrogen and oxygen atoms in total. The third-order valence-electron chi connectivity index (χ3n) is 5.47. The van der Waals surface area contributed by atoms with Crippen molar-refractivity contribution in [2.45, 2.75) is 19.0 Å². The lowest BCUT2D eigenvalue weighted by Gasteiger charge is -2.20. The van der Waals surface area contributed by atoms with Gasteiger partial charge in [0.1, 0.15) is 6.54 Å². The molecule has 2 aliphatic rings. The van der Waals surface area contributed by atoms with Crippen LogP contribution < -0.4 is 19.7 Å². The van der Waals surface area contributed by atoms with Gasteiger partial charge in [-0.25, -0.2) is 9.69 Å². The van der Waals surface area contributed by atoms with Crippen molar-refractivity contribution in [2.75, 3.05) is 37.6 Å². The Kier molecular flexibility index (Phi) is 6.62. The van der Waals surface area contributed by atoms with E-state index in [0.717, 1.165) is 4.90 Å². The molecule has 4 rings (SSSR count). The number of hydrogen-bond donors (Lipinski definition) is 1. The van der Waals surface area contributed by atoms with Crippen molar-refractivity contribution in [3.8, 4) is 11.5 Å². The summed E-state index contributed by atoms with van der Waals surface area (Å²) in [7, 11) is 2.93. The van der Waals surface area contributed by atoms with Crippen LogP contribution in [0.15, 0.2) is 52.8 Å². The molecular weight excluding hydrogens is 458 g/mol. The van der Waals surface area contributed by atoms with E-state index in [2.05, 4.69) is 15.7 Å². The molecule has 0 spiro atoms. The number of benzene rings is 2. The largest absolute Gasteiger partial charge is 0.493 e. The molecule has 0 bridgehead atoms. The third kappa shape index (κ3) is 4.50. The normalized spacial score (nSPS) is 18.5. The van der Waals surface area contributed by atoms with E-state index in [0.29, 0.717) is 28.4 Å². The van der Waals surface area contributed by atoms with Crippen molar-refractivity contribution in [3.63, 3.8) is 0 Å². The van der Waals surface area contributed by atoms with Crippen molar-refractivity contribution in [2.24, 2.45) is 10.3 Å². The number of carbonyl (C=O) groups is 4. The molecule has 0 unspecified atom stereocenters. The average molecular weight is 481 g/mol. The Bertz CT molecular complexity index is 1200. The summed E-state index contributed by atoms with van der Waals surface area (Å²) in [5.41, 5.74) is 1.09. The van der Waals surface area contributed by atoms with Crippen molar-refractivity contribution < 1.29 is 33.4 Å². The molecule has 1 fully saturated rings. The molecule has 0 radical (unpaired) electrons. The van der Waals surface area contributed by atoms with Crippen LogP contribution in [0.3, 0.4) is 0 Å². The van der Waals surface area contributed by atoms with E-state index in [-0.39, 0.29) is 13.2 Å². The van der Waals surface area contributed by atoms with E-state index in [1.807, 2.05) is 0 Å². The van der Waals surface area contributed by atoms with E-state index in [9.17, 15) is 19.2 Å². The summed E-state index contributed by atoms with van der Waals surface area (Å²) in [5.74, 6) is -1.23. The fourth-order valence-corrected chi connectivity index (χ4v) is 3.82. The van der Waals surface area contributed by atoms with Crippen LogP contribution in [0.5, 0.6) is 11.5 Å². The van der Waals surface area contributed by atoms with E-state index >= 15 is 0 Å². The predicted molar refractivity (Wildman–Crippen MR) is 122 cm³/mol. The fraction of sp³-hybridized carbons (Fsp3) is 0.304. The number of nitrogens with one attached hydrogen (secondary N) is 1. The Morgan fingerprint density at radius 2 is 1.71 bits per heavy atom. The molecule has 12 heteroatoms. The first kappa shape index (κ1) is 23.7. The van der Waals surface area contributed by atoms with E-state index < -0.39 is 35.8 Å². The zero-order valence-electron chi connectivity index (χ0n) is 19.3. The van der Waals surface area contributed by atoms with Crippen LogP contribution in [-0.2, 0) is 19.1 Å². The van der Waals surface area contributed by atoms with Crippen LogP contribution in [0, 0.1) is 0 Å². The molecule has 0 saturated carbocycles. The van der Waals surface area contributed by atoms with Crippen molar-refractivity contribution in [1.29, 1.82) is 0 Å². The Balaban J connectivity index is 1.44. The van der Waals surface area contributed by atoms with E-state index in [1.165, 1.54) is 37.4 Å². The van der Waals surface area contributed by atoms with Gasteiger partial charge < -0.3 is 19.5 Å². The highest BCUT2D eigenvalue weighted by Crippen LogP contribution is 2.36. The smallest absolute Gasteiger partial charge is 0.338 e. The summed E-state index contributed by atoms with van der Waals surface area (Å²) in [6.07, 6.45) is 0. The standard InChI is InChI=1S/C23H23N5O7/c1-4-35-23(32)13-5-7-14(8-6-13)24-18(29)12-27-20-19(25-26-27)21(30)28(22(20)31)15-9-10-16(33-2)17(11-15)34-3/h5-11,19-20H,4,12H2,1-3H3,(H,24,29)/t19-,20-/m1/s1. The highest BCUT2D eigenvalue weighted by molar-refractivity contribution is 6.25. The lowest BCUT2D eigenvalue weighted by molar-refractivity contribution is -0.123. The lowest BCUT2D eigenvalue weighted by Crippen LogP contribution is -2.43. The quantitative estimate of drug-likeness (QED) is 0.445. The molecule has 2 aromatic rings. The van der Waals surface area contributed by atoms with Gasteiger partial charge in [0.25, 0.3) is 11.8 Å². The van der Waals surface area contributed by atoms with Crippen LogP contribution in [0.25, 0.3) is 0 Å². The number of methoxy groups -OCH3 is 2. The first-order chi connectivity index (χ1) is 16.9. The Hall–Kier alpha value is -4.48. The zero-order chi connectivity index (χ0) is 25.1. The van der Waals surface area contributed by atoms with Gasteiger partial charge in [-0.1, -0.05) is 5.22 Å². The number of imide groups is 1. The lowest BCUT2D eigenvalue weighted by atomic mass is 10.1. The summed E-state index contributed by atoms with van der Waals surface area (Å²) >= 11 is 0. The van der Waals surface area contributed by atoms with Gasteiger partial charge in [0.05, 0.1) is 32.1 Å². The van der Waals surface area contributed by atoms with Crippen molar-refractivity contribution in [1.82, 2.24) is 5.01 Å². The Morgan fingerprint density at radius 1 is 1.00 bits per heavy atom. The second-order valence-corrected chi connectivity index (χ2v) is 7.59. The molecule has 35 heavy (non-hydrogen) atoms. The van der Waals surface area contributed by atoms with Crippen LogP contribution in [-0.4, -0.2) is 68.2 Å². The maximum atomic E-state index is 13.2. The molecule has 2 atom stereocenters. The number of hydrogen-bond acceptors (Lipinski definition) is 10. The Labute approximate surface area is 200 Å². The van der Waals surface area contributed by atoms with Gasteiger partial charge in [-0.3, -0.25) is 19.4 Å². The van der Waals surface area contributed by atoms with Gasteiger partial charge >= 0.3 is 5.97 Å². The highest BCUT2D eigenvalue weighted by atomic mass is 16.5. The summed E-state index contributed by atoms with van der Waals surface area (Å²) in [6.45, 7) is 1.67. The third-order valence-corrected chi connectivity index (χ3v) is 5.47. The van der Waals surface area contributed by atoms with Crippen LogP contribution in [0.1, 0.15) is 17.3 Å². The summed E-state index contributed by atoms with van der Waals surface area (Å²) in [4.78, 5) is 51.4. The number of rotatable bonds is 8.